The Morgan fingerprint density at radius 2 is 2.04 bits per heavy atom. The van der Waals surface area contributed by atoms with Crippen molar-refractivity contribution in [3.05, 3.63) is 36.4 Å². The van der Waals surface area contributed by atoms with Crippen molar-refractivity contribution in [3.63, 3.8) is 0 Å². The smallest absolute Gasteiger partial charge is 0.242 e. The summed E-state index contributed by atoms with van der Waals surface area (Å²) in [4.78, 5) is 16.6. The highest BCUT2D eigenvalue weighted by Crippen LogP contribution is 2.29. The quantitative estimate of drug-likeness (QED) is 0.712. The van der Waals surface area contributed by atoms with E-state index in [1.165, 1.54) is 0 Å². The van der Waals surface area contributed by atoms with E-state index in [9.17, 15) is 9.90 Å². The van der Waals surface area contributed by atoms with Crippen molar-refractivity contribution in [2.24, 2.45) is 5.92 Å². The number of aliphatic hydroxyl groups is 1. The summed E-state index contributed by atoms with van der Waals surface area (Å²) in [5, 5.41) is 12.6. The lowest BCUT2D eigenvalue weighted by Crippen LogP contribution is -2.37. The van der Waals surface area contributed by atoms with Gasteiger partial charge in [-0.3, -0.25) is 4.79 Å². The van der Waals surface area contributed by atoms with Crippen LogP contribution in [-0.2, 0) is 4.79 Å². The fraction of sp³-hybridized carbons (Fsp3) is 0.550. The Balaban J connectivity index is 1.98. The molecule has 5 nitrogen and oxygen atoms in total. The first-order valence-electron chi connectivity index (χ1n) is 9.16. The van der Waals surface area contributed by atoms with E-state index >= 15 is 0 Å². The van der Waals surface area contributed by atoms with Gasteiger partial charge in [-0.15, -0.1) is 0 Å². The highest BCUT2D eigenvalue weighted by Gasteiger charge is 2.20. The third kappa shape index (κ3) is 5.49. The third-order valence-electron chi connectivity index (χ3n) is 4.74. The molecule has 1 aliphatic rings. The molecule has 25 heavy (non-hydrogen) atoms. The molecular formula is C20H31N3O2. The number of para-hydroxylation sites is 2. The molecule has 2 rings (SSSR count). The van der Waals surface area contributed by atoms with Crippen LogP contribution in [0.15, 0.2) is 36.4 Å². The normalized spacial score (nSPS) is 15.1. The SMILES string of the molecule is C=C(C)CN(CC)C(=O)CNc1ccccc1N1CCC(CO)CC1. The Morgan fingerprint density at radius 1 is 1.36 bits per heavy atom. The van der Waals surface area contributed by atoms with Crippen molar-refractivity contribution < 1.29 is 9.90 Å². The van der Waals surface area contributed by atoms with Crippen molar-refractivity contribution in [2.75, 3.05) is 49.5 Å². The highest BCUT2D eigenvalue weighted by atomic mass is 16.3. The second-order valence-electron chi connectivity index (χ2n) is 6.85. The molecular weight excluding hydrogens is 314 g/mol. The van der Waals surface area contributed by atoms with Crippen LogP contribution < -0.4 is 10.2 Å². The maximum atomic E-state index is 12.4. The van der Waals surface area contributed by atoms with Gasteiger partial charge in [-0.2, -0.15) is 0 Å². The number of nitrogens with zero attached hydrogens (tertiary/aromatic N) is 2. The monoisotopic (exact) mass is 345 g/mol. The van der Waals surface area contributed by atoms with Gasteiger partial charge in [0.25, 0.3) is 0 Å². The summed E-state index contributed by atoms with van der Waals surface area (Å²) >= 11 is 0. The van der Waals surface area contributed by atoms with Crippen LogP contribution in [0.3, 0.4) is 0 Å². The molecule has 1 aromatic carbocycles. The minimum atomic E-state index is 0.0827. The van der Waals surface area contributed by atoms with Gasteiger partial charge in [0.1, 0.15) is 0 Å². The average molecular weight is 345 g/mol. The molecule has 0 bridgehead atoms. The molecule has 1 amide bonds. The molecule has 0 atom stereocenters. The van der Waals surface area contributed by atoms with Gasteiger partial charge < -0.3 is 20.2 Å². The number of benzene rings is 1. The van der Waals surface area contributed by atoms with E-state index < -0.39 is 0 Å². The van der Waals surface area contributed by atoms with E-state index in [1.54, 1.807) is 0 Å². The van der Waals surface area contributed by atoms with Crippen molar-refractivity contribution in [3.8, 4) is 0 Å². The van der Waals surface area contributed by atoms with Crippen LogP contribution >= 0.6 is 0 Å². The van der Waals surface area contributed by atoms with Gasteiger partial charge in [-0.1, -0.05) is 24.3 Å². The number of piperidine rings is 1. The second kappa shape index (κ2) is 9.47. The number of carbonyl (C=O) groups is 1. The van der Waals surface area contributed by atoms with Gasteiger partial charge in [0, 0.05) is 32.8 Å². The van der Waals surface area contributed by atoms with Gasteiger partial charge in [0.2, 0.25) is 5.91 Å². The number of aliphatic hydroxyl groups excluding tert-OH is 1. The number of rotatable bonds is 8. The fourth-order valence-electron chi connectivity index (χ4n) is 3.24. The molecule has 0 radical (unpaired) electrons. The summed E-state index contributed by atoms with van der Waals surface area (Å²) in [5.41, 5.74) is 3.11. The van der Waals surface area contributed by atoms with Crippen molar-refractivity contribution in [1.29, 1.82) is 0 Å². The predicted octanol–water partition coefficient (Wildman–Crippen LogP) is 2.73. The van der Waals surface area contributed by atoms with Crippen molar-refractivity contribution in [1.82, 2.24) is 4.90 Å². The first-order valence-corrected chi connectivity index (χ1v) is 9.16. The summed E-state index contributed by atoms with van der Waals surface area (Å²) in [5.74, 6) is 0.498. The molecule has 1 heterocycles. The van der Waals surface area contributed by atoms with Gasteiger partial charge in [-0.05, 0) is 44.7 Å². The van der Waals surface area contributed by atoms with Gasteiger partial charge in [-0.25, -0.2) is 0 Å². The number of nitrogens with one attached hydrogen (secondary N) is 1. The highest BCUT2D eigenvalue weighted by molar-refractivity contribution is 5.83. The van der Waals surface area contributed by atoms with Crippen molar-refractivity contribution >= 4 is 17.3 Å². The Kier molecular flexibility index (Phi) is 7.31. The zero-order chi connectivity index (χ0) is 18.2. The number of hydrogen-bond donors (Lipinski definition) is 2. The van der Waals surface area contributed by atoms with Crippen LogP contribution in [0.5, 0.6) is 0 Å². The Bertz CT molecular complexity index is 580. The van der Waals surface area contributed by atoms with Crippen LogP contribution in [-0.4, -0.2) is 55.2 Å². The Morgan fingerprint density at radius 3 is 2.64 bits per heavy atom. The molecule has 2 N–H and O–H groups in total. The lowest BCUT2D eigenvalue weighted by molar-refractivity contribution is -0.128. The van der Waals surface area contributed by atoms with Crippen LogP contribution in [0.4, 0.5) is 11.4 Å². The van der Waals surface area contributed by atoms with E-state index in [1.807, 2.05) is 36.9 Å². The molecule has 0 saturated carbocycles. The van der Waals surface area contributed by atoms with Crippen molar-refractivity contribution in [2.45, 2.75) is 26.7 Å². The number of hydrogen-bond acceptors (Lipinski definition) is 4. The van der Waals surface area contributed by atoms with E-state index in [0.717, 1.165) is 42.9 Å². The topological polar surface area (TPSA) is 55.8 Å². The Labute approximate surface area is 151 Å². The maximum Gasteiger partial charge on any atom is 0.242 e. The van der Waals surface area contributed by atoms with E-state index in [2.05, 4.69) is 22.9 Å². The zero-order valence-electron chi connectivity index (χ0n) is 15.5. The van der Waals surface area contributed by atoms with Gasteiger partial charge in [0.05, 0.1) is 17.9 Å². The van der Waals surface area contributed by atoms with E-state index in [0.29, 0.717) is 19.0 Å². The standard InChI is InChI=1S/C20H31N3O2/c1-4-22(14-16(2)3)20(25)13-21-18-7-5-6-8-19(18)23-11-9-17(15-24)10-12-23/h5-8,17,21,24H,2,4,9-15H2,1,3H3. The van der Waals surface area contributed by atoms with Gasteiger partial charge in [0.15, 0.2) is 0 Å². The maximum absolute atomic E-state index is 12.4. The van der Waals surface area contributed by atoms with Crippen LogP contribution in [0, 0.1) is 5.92 Å². The first kappa shape index (κ1) is 19.3. The summed E-state index contributed by atoms with van der Waals surface area (Å²) in [7, 11) is 0. The molecule has 0 aromatic heterocycles. The number of carbonyl (C=O) groups excluding carboxylic acids is 1. The molecule has 0 unspecified atom stereocenters. The fourth-order valence-corrected chi connectivity index (χ4v) is 3.24. The second-order valence-corrected chi connectivity index (χ2v) is 6.85. The lowest BCUT2D eigenvalue weighted by Gasteiger charge is -2.34. The largest absolute Gasteiger partial charge is 0.396 e. The molecule has 1 saturated heterocycles. The molecule has 0 spiro atoms. The van der Waals surface area contributed by atoms with Gasteiger partial charge >= 0.3 is 0 Å². The lowest BCUT2D eigenvalue weighted by atomic mass is 9.97. The number of amides is 1. The van der Waals surface area contributed by atoms with Crippen LogP contribution in [0.25, 0.3) is 0 Å². The van der Waals surface area contributed by atoms with Crippen LogP contribution in [0.1, 0.15) is 26.7 Å². The molecule has 138 valence electrons. The zero-order valence-corrected chi connectivity index (χ0v) is 15.5. The third-order valence-corrected chi connectivity index (χ3v) is 4.74. The molecule has 0 aliphatic carbocycles. The molecule has 1 aromatic rings. The van der Waals surface area contributed by atoms with Crippen LogP contribution in [0.2, 0.25) is 0 Å². The van der Waals surface area contributed by atoms with E-state index in [-0.39, 0.29) is 19.1 Å². The summed E-state index contributed by atoms with van der Waals surface area (Å²) in [6, 6.07) is 8.13. The minimum absolute atomic E-state index is 0.0827. The first-order chi connectivity index (χ1) is 12.0. The number of anilines is 2. The predicted molar refractivity (Wildman–Crippen MR) is 104 cm³/mol. The molecule has 1 aliphatic heterocycles. The summed E-state index contributed by atoms with van der Waals surface area (Å²) < 4.78 is 0. The molecule has 1 fully saturated rings. The average Bonchev–Trinajstić information content (AvgIpc) is 2.64. The minimum Gasteiger partial charge on any atom is -0.396 e. The molecule has 5 heteroatoms. The number of likely N-dealkylation sites (N-methyl/N-ethyl adjacent to an activating group) is 1. The van der Waals surface area contributed by atoms with E-state index in [4.69, 9.17) is 0 Å². The summed E-state index contributed by atoms with van der Waals surface area (Å²) in [6.45, 7) is 11.5. The summed E-state index contributed by atoms with van der Waals surface area (Å²) in [6.07, 6.45) is 2.01. The Hall–Kier alpha value is -2.01.